The molecule has 70 valence electrons. The van der Waals surface area contributed by atoms with Gasteiger partial charge in [0.15, 0.2) is 5.78 Å². The highest BCUT2D eigenvalue weighted by Crippen LogP contribution is 2.35. The Hall–Kier alpha value is -0.830. The molecule has 1 aromatic heterocycles. The largest absolute Gasteiger partial charge is 0.495 e. The smallest absolute Gasteiger partial charge is 0.176 e. The molecule has 1 saturated carbocycles. The molecular formula is C10H12O2S. The van der Waals surface area contributed by atoms with Crippen molar-refractivity contribution < 1.29 is 9.53 Å². The summed E-state index contributed by atoms with van der Waals surface area (Å²) < 4.78 is 5.10. The van der Waals surface area contributed by atoms with Gasteiger partial charge in [-0.3, -0.25) is 4.79 Å². The molecule has 0 aromatic carbocycles. The van der Waals surface area contributed by atoms with Crippen molar-refractivity contribution in [2.24, 2.45) is 5.92 Å². The van der Waals surface area contributed by atoms with Crippen LogP contribution < -0.4 is 4.74 Å². The lowest BCUT2D eigenvalue weighted by Gasteiger charge is -2.00. The van der Waals surface area contributed by atoms with Crippen LogP contribution in [0, 0.1) is 5.92 Å². The van der Waals surface area contributed by atoms with Gasteiger partial charge >= 0.3 is 0 Å². The molecule has 13 heavy (non-hydrogen) atoms. The van der Waals surface area contributed by atoms with Crippen LogP contribution in [0.4, 0.5) is 0 Å². The molecule has 1 aliphatic carbocycles. The molecule has 0 spiro atoms. The third-order valence-corrected chi connectivity index (χ3v) is 3.21. The summed E-state index contributed by atoms with van der Waals surface area (Å²) >= 11 is 1.48. The van der Waals surface area contributed by atoms with E-state index in [9.17, 15) is 4.79 Å². The van der Waals surface area contributed by atoms with Gasteiger partial charge in [-0.05, 0) is 30.2 Å². The van der Waals surface area contributed by atoms with E-state index in [4.69, 9.17) is 4.74 Å². The molecule has 0 unspecified atom stereocenters. The summed E-state index contributed by atoms with van der Waals surface area (Å²) in [6.07, 6.45) is 3.15. The van der Waals surface area contributed by atoms with Gasteiger partial charge in [0.2, 0.25) is 0 Å². The third kappa shape index (κ3) is 1.91. The summed E-state index contributed by atoms with van der Waals surface area (Å²) in [7, 11) is 1.61. The SMILES string of the molecule is COc1ccsc1C(=O)CC1CC1. The van der Waals surface area contributed by atoms with Gasteiger partial charge in [0.05, 0.1) is 7.11 Å². The highest BCUT2D eigenvalue weighted by molar-refractivity contribution is 7.12. The molecule has 1 heterocycles. The van der Waals surface area contributed by atoms with E-state index < -0.39 is 0 Å². The van der Waals surface area contributed by atoms with Gasteiger partial charge in [0.1, 0.15) is 10.6 Å². The summed E-state index contributed by atoms with van der Waals surface area (Å²) in [4.78, 5) is 12.5. The number of Topliss-reactive ketones (excluding diaryl/α,β-unsaturated/α-hetero) is 1. The molecule has 0 aliphatic heterocycles. The number of thiophene rings is 1. The summed E-state index contributed by atoms with van der Waals surface area (Å²) in [5, 5.41) is 1.90. The van der Waals surface area contributed by atoms with Gasteiger partial charge < -0.3 is 4.74 Å². The van der Waals surface area contributed by atoms with E-state index in [1.54, 1.807) is 7.11 Å². The lowest BCUT2D eigenvalue weighted by molar-refractivity contribution is 0.0977. The summed E-state index contributed by atoms with van der Waals surface area (Å²) in [5.41, 5.74) is 0. The summed E-state index contributed by atoms with van der Waals surface area (Å²) in [6, 6.07) is 1.85. The fraction of sp³-hybridized carbons (Fsp3) is 0.500. The zero-order valence-corrected chi connectivity index (χ0v) is 8.39. The number of ether oxygens (including phenoxy) is 1. The maximum atomic E-state index is 11.7. The van der Waals surface area contributed by atoms with Crippen LogP contribution in [0.15, 0.2) is 11.4 Å². The Labute approximate surface area is 81.5 Å². The molecule has 2 rings (SSSR count). The highest BCUT2D eigenvalue weighted by Gasteiger charge is 2.26. The van der Waals surface area contributed by atoms with Crippen molar-refractivity contribution in [2.45, 2.75) is 19.3 Å². The normalized spacial score (nSPS) is 15.8. The lowest BCUT2D eigenvalue weighted by atomic mass is 10.2. The van der Waals surface area contributed by atoms with Crippen LogP contribution in [0.2, 0.25) is 0 Å². The number of hydrogen-bond acceptors (Lipinski definition) is 3. The molecule has 3 heteroatoms. The number of rotatable bonds is 4. The predicted octanol–water partition coefficient (Wildman–Crippen LogP) is 2.74. The van der Waals surface area contributed by atoms with Crippen LogP contribution in [-0.4, -0.2) is 12.9 Å². The minimum Gasteiger partial charge on any atom is -0.495 e. The van der Waals surface area contributed by atoms with E-state index in [2.05, 4.69) is 0 Å². The van der Waals surface area contributed by atoms with Crippen LogP contribution in [0.3, 0.4) is 0 Å². The van der Waals surface area contributed by atoms with Gasteiger partial charge in [-0.1, -0.05) is 0 Å². The second-order valence-electron chi connectivity index (χ2n) is 3.39. The summed E-state index contributed by atoms with van der Waals surface area (Å²) in [5.74, 6) is 1.63. The Morgan fingerprint density at radius 2 is 2.46 bits per heavy atom. The molecule has 0 atom stereocenters. The average Bonchev–Trinajstić information content (AvgIpc) is 2.82. The van der Waals surface area contributed by atoms with Crippen molar-refractivity contribution in [2.75, 3.05) is 7.11 Å². The van der Waals surface area contributed by atoms with Gasteiger partial charge in [0, 0.05) is 6.42 Å². The van der Waals surface area contributed by atoms with Crippen molar-refractivity contribution in [3.63, 3.8) is 0 Å². The Kier molecular flexibility index (Phi) is 2.36. The standard InChI is InChI=1S/C10H12O2S/c1-12-9-4-5-13-10(9)8(11)6-7-2-3-7/h4-5,7H,2-3,6H2,1H3. The molecular weight excluding hydrogens is 184 g/mol. The predicted molar refractivity (Wildman–Crippen MR) is 52.5 cm³/mol. The van der Waals surface area contributed by atoms with Gasteiger partial charge in [-0.15, -0.1) is 11.3 Å². The molecule has 0 bridgehead atoms. The van der Waals surface area contributed by atoms with Crippen LogP contribution in [0.1, 0.15) is 28.9 Å². The van der Waals surface area contributed by atoms with Crippen LogP contribution >= 0.6 is 11.3 Å². The van der Waals surface area contributed by atoms with E-state index in [0.717, 1.165) is 10.6 Å². The van der Waals surface area contributed by atoms with Crippen LogP contribution in [0.5, 0.6) is 5.75 Å². The second-order valence-corrected chi connectivity index (χ2v) is 4.30. The minimum atomic E-state index is 0.245. The molecule has 1 aliphatic rings. The number of hydrogen-bond donors (Lipinski definition) is 0. The molecule has 0 N–H and O–H groups in total. The Morgan fingerprint density at radius 1 is 1.69 bits per heavy atom. The van der Waals surface area contributed by atoms with E-state index in [1.807, 2.05) is 11.4 Å². The number of carbonyl (C=O) groups excluding carboxylic acids is 1. The Balaban J connectivity index is 2.08. The monoisotopic (exact) mass is 196 g/mol. The van der Waals surface area contributed by atoms with Crippen molar-refractivity contribution in [1.29, 1.82) is 0 Å². The Bertz CT molecular complexity index is 312. The number of carbonyl (C=O) groups is 1. The molecule has 0 radical (unpaired) electrons. The fourth-order valence-electron chi connectivity index (χ4n) is 1.34. The van der Waals surface area contributed by atoms with Crippen molar-refractivity contribution in [1.82, 2.24) is 0 Å². The first-order valence-electron chi connectivity index (χ1n) is 4.46. The Morgan fingerprint density at radius 3 is 3.08 bits per heavy atom. The summed E-state index contributed by atoms with van der Waals surface area (Å²) in [6.45, 7) is 0. The van der Waals surface area contributed by atoms with Gasteiger partial charge in [-0.25, -0.2) is 0 Å². The quantitative estimate of drug-likeness (QED) is 0.692. The second kappa shape index (κ2) is 3.50. The molecule has 2 nitrogen and oxygen atoms in total. The van der Waals surface area contributed by atoms with Crippen LogP contribution in [0.25, 0.3) is 0 Å². The first-order valence-corrected chi connectivity index (χ1v) is 5.34. The lowest BCUT2D eigenvalue weighted by Crippen LogP contribution is -1.99. The topological polar surface area (TPSA) is 26.3 Å². The van der Waals surface area contributed by atoms with E-state index >= 15 is 0 Å². The van der Waals surface area contributed by atoms with Crippen LogP contribution in [-0.2, 0) is 0 Å². The first kappa shape index (κ1) is 8.75. The first-order chi connectivity index (χ1) is 6.31. The maximum absolute atomic E-state index is 11.7. The van der Waals surface area contributed by atoms with Crippen molar-refractivity contribution >= 4 is 17.1 Å². The van der Waals surface area contributed by atoms with E-state index in [0.29, 0.717) is 12.3 Å². The number of methoxy groups -OCH3 is 1. The molecule has 0 amide bonds. The fourth-order valence-corrected chi connectivity index (χ4v) is 2.15. The highest BCUT2D eigenvalue weighted by atomic mass is 32.1. The minimum absolute atomic E-state index is 0.245. The van der Waals surface area contributed by atoms with Gasteiger partial charge in [0.25, 0.3) is 0 Å². The maximum Gasteiger partial charge on any atom is 0.176 e. The average molecular weight is 196 g/mol. The van der Waals surface area contributed by atoms with Crippen molar-refractivity contribution in [3.8, 4) is 5.75 Å². The molecule has 1 fully saturated rings. The zero-order valence-electron chi connectivity index (χ0n) is 7.58. The molecule has 1 aromatic rings. The zero-order chi connectivity index (χ0) is 9.26. The van der Waals surface area contributed by atoms with Crippen molar-refractivity contribution in [3.05, 3.63) is 16.3 Å². The van der Waals surface area contributed by atoms with Gasteiger partial charge in [-0.2, -0.15) is 0 Å². The number of ketones is 1. The molecule has 0 saturated heterocycles. The third-order valence-electron chi connectivity index (χ3n) is 2.27. The van der Waals surface area contributed by atoms with E-state index in [-0.39, 0.29) is 5.78 Å². The van der Waals surface area contributed by atoms with E-state index in [1.165, 1.54) is 24.2 Å².